The topological polar surface area (TPSA) is 88.8 Å². The second kappa shape index (κ2) is 4.71. The summed E-state index contributed by atoms with van der Waals surface area (Å²) in [5, 5.41) is 6.04. The lowest BCUT2D eigenvalue weighted by Crippen LogP contribution is -2.18. The Bertz CT molecular complexity index is 300. The van der Waals surface area contributed by atoms with E-state index in [4.69, 9.17) is 5.73 Å². The summed E-state index contributed by atoms with van der Waals surface area (Å²) in [5.41, 5.74) is 5.55. The SMILES string of the molecule is CCNc1nc(N)nc([C@H](C)NC)n1. The zero-order valence-corrected chi connectivity index (χ0v) is 8.70. The van der Waals surface area contributed by atoms with E-state index >= 15 is 0 Å². The Morgan fingerprint density at radius 1 is 1.36 bits per heavy atom. The molecule has 0 spiro atoms. The van der Waals surface area contributed by atoms with Crippen LogP contribution in [0.3, 0.4) is 0 Å². The summed E-state index contributed by atoms with van der Waals surface area (Å²) >= 11 is 0. The largest absolute Gasteiger partial charge is 0.368 e. The van der Waals surface area contributed by atoms with Crippen molar-refractivity contribution in [1.29, 1.82) is 0 Å². The average molecular weight is 196 g/mol. The molecule has 0 aliphatic heterocycles. The molecule has 0 aromatic carbocycles. The molecule has 6 heteroatoms. The second-order valence-electron chi connectivity index (χ2n) is 2.92. The van der Waals surface area contributed by atoms with Crippen LogP contribution < -0.4 is 16.4 Å². The Balaban J connectivity index is 2.94. The van der Waals surface area contributed by atoms with Crippen molar-refractivity contribution in [2.24, 2.45) is 0 Å². The van der Waals surface area contributed by atoms with Crippen LogP contribution in [0, 0.1) is 0 Å². The molecule has 1 heterocycles. The van der Waals surface area contributed by atoms with E-state index in [1.165, 1.54) is 0 Å². The summed E-state index contributed by atoms with van der Waals surface area (Å²) in [7, 11) is 1.84. The predicted molar refractivity (Wildman–Crippen MR) is 55.9 cm³/mol. The highest BCUT2D eigenvalue weighted by molar-refractivity contribution is 5.31. The van der Waals surface area contributed by atoms with Gasteiger partial charge in [0.1, 0.15) is 0 Å². The molecule has 0 radical (unpaired) electrons. The molecule has 1 aromatic heterocycles. The van der Waals surface area contributed by atoms with Crippen LogP contribution in [-0.2, 0) is 0 Å². The van der Waals surface area contributed by atoms with E-state index in [0.29, 0.717) is 11.8 Å². The third-order valence-corrected chi connectivity index (χ3v) is 1.83. The Morgan fingerprint density at radius 2 is 2.07 bits per heavy atom. The fraction of sp³-hybridized carbons (Fsp3) is 0.625. The zero-order chi connectivity index (χ0) is 10.6. The van der Waals surface area contributed by atoms with Crippen LogP contribution in [-0.4, -0.2) is 28.5 Å². The number of aromatic nitrogens is 3. The van der Waals surface area contributed by atoms with Crippen molar-refractivity contribution in [3.05, 3.63) is 5.82 Å². The van der Waals surface area contributed by atoms with Crippen LogP contribution >= 0.6 is 0 Å². The molecule has 0 fully saturated rings. The standard InChI is InChI=1S/C8H16N6/c1-4-11-8-13-6(5(2)10-3)12-7(9)14-8/h5,10H,4H2,1-3H3,(H3,9,11,12,13,14)/t5-/m0/s1. The van der Waals surface area contributed by atoms with Crippen LogP contribution in [0.5, 0.6) is 0 Å². The van der Waals surface area contributed by atoms with Gasteiger partial charge >= 0.3 is 0 Å². The van der Waals surface area contributed by atoms with Gasteiger partial charge in [-0.05, 0) is 20.9 Å². The predicted octanol–water partition coefficient (Wildman–Crippen LogP) is 0.166. The van der Waals surface area contributed by atoms with Crippen molar-refractivity contribution in [2.45, 2.75) is 19.9 Å². The van der Waals surface area contributed by atoms with Crippen molar-refractivity contribution in [3.63, 3.8) is 0 Å². The van der Waals surface area contributed by atoms with Crippen molar-refractivity contribution < 1.29 is 0 Å². The highest BCUT2D eigenvalue weighted by atomic mass is 15.2. The molecule has 4 N–H and O–H groups in total. The molecule has 14 heavy (non-hydrogen) atoms. The van der Waals surface area contributed by atoms with E-state index < -0.39 is 0 Å². The smallest absolute Gasteiger partial charge is 0.227 e. The normalized spacial score (nSPS) is 12.5. The number of anilines is 2. The highest BCUT2D eigenvalue weighted by Crippen LogP contribution is 2.09. The Morgan fingerprint density at radius 3 is 2.64 bits per heavy atom. The lowest BCUT2D eigenvalue weighted by molar-refractivity contribution is 0.608. The maximum atomic E-state index is 5.55. The van der Waals surface area contributed by atoms with Gasteiger partial charge in [-0.15, -0.1) is 0 Å². The molecule has 0 aliphatic rings. The van der Waals surface area contributed by atoms with Crippen molar-refractivity contribution in [2.75, 3.05) is 24.6 Å². The fourth-order valence-electron chi connectivity index (χ4n) is 0.969. The van der Waals surface area contributed by atoms with Gasteiger partial charge in [-0.2, -0.15) is 15.0 Å². The van der Waals surface area contributed by atoms with E-state index in [2.05, 4.69) is 25.6 Å². The minimum atomic E-state index is 0.0673. The lowest BCUT2D eigenvalue weighted by Gasteiger charge is -2.10. The van der Waals surface area contributed by atoms with Gasteiger partial charge in [0.2, 0.25) is 11.9 Å². The molecule has 6 nitrogen and oxygen atoms in total. The van der Waals surface area contributed by atoms with Gasteiger partial charge in [0.25, 0.3) is 0 Å². The number of nitrogen functional groups attached to an aromatic ring is 1. The van der Waals surface area contributed by atoms with E-state index in [-0.39, 0.29) is 12.0 Å². The number of nitrogens with one attached hydrogen (secondary N) is 2. The van der Waals surface area contributed by atoms with Crippen LogP contribution in [0.2, 0.25) is 0 Å². The highest BCUT2D eigenvalue weighted by Gasteiger charge is 2.09. The third-order valence-electron chi connectivity index (χ3n) is 1.83. The minimum Gasteiger partial charge on any atom is -0.368 e. The van der Waals surface area contributed by atoms with E-state index in [1.807, 2.05) is 20.9 Å². The summed E-state index contributed by atoms with van der Waals surface area (Å²) in [6.45, 7) is 4.70. The summed E-state index contributed by atoms with van der Waals surface area (Å²) in [5.74, 6) is 1.42. The van der Waals surface area contributed by atoms with Crippen LogP contribution in [0.15, 0.2) is 0 Å². The third kappa shape index (κ3) is 2.53. The van der Waals surface area contributed by atoms with E-state index in [1.54, 1.807) is 0 Å². The summed E-state index contributed by atoms with van der Waals surface area (Å²) < 4.78 is 0. The van der Waals surface area contributed by atoms with Gasteiger partial charge in [-0.25, -0.2) is 0 Å². The summed E-state index contributed by atoms with van der Waals surface area (Å²) in [6.07, 6.45) is 0. The summed E-state index contributed by atoms with van der Waals surface area (Å²) in [4.78, 5) is 12.2. The number of hydrogen-bond donors (Lipinski definition) is 3. The quantitative estimate of drug-likeness (QED) is 0.636. The molecule has 1 atom stereocenters. The molecule has 0 saturated heterocycles. The zero-order valence-electron chi connectivity index (χ0n) is 8.70. The molecule has 0 unspecified atom stereocenters. The molecule has 78 valence electrons. The van der Waals surface area contributed by atoms with Crippen LogP contribution in [0.1, 0.15) is 25.7 Å². The first kappa shape index (κ1) is 10.6. The number of nitrogens with two attached hydrogens (primary N) is 1. The first-order chi connectivity index (χ1) is 6.67. The number of rotatable bonds is 4. The number of nitrogens with zero attached hydrogens (tertiary/aromatic N) is 3. The van der Waals surface area contributed by atoms with Crippen LogP contribution in [0.4, 0.5) is 11.9 Å². The van der Waals surface area contributed by atoms with Gasteiger partial charge in [0.15, 0.2) is 5.82 Å². The van der Waals surface area contributed by atoms with Crippen molar-refractivity contribution in [1.82, 2.24) is 20.3 Å². The van der Waals surface area contributed by atoms with Crippen molar-refractivity contribution in [3.8, 4) is 0 Å². The van der Waals surface area contributed by atoms with Gasteiger partial charge in [0, 0.05) is 6.54 Å². The van der Waals surface area contributed by atoms with E-state index in [0.717, 1.165) is 6.54 Å². The summed E-state index contributed by atoms with van der Waals surface area (Å²) in [6, 6.07) is 0.0673. The molecular formula is C8H16N6. The fourth-order valence-corrected chi connectivity index (χ4v) is 0.969. The average Bonchev–Trinajstić information content (AvgIpc) is 2.16. The molecule has 0 aliphatic carbocycles. The van der Waals surface area contributed by atoms with Crippen molar-refractivity contribution >= 4 is 11.9 Å². The van der Waals surface area contributed by atoms with Gasteiger partial charge in [-0.3, -0.25) is 0 Å². The number of hydrogen-bond acceptors (Lipinski definition) is 6. The van der Waals surface area contributed by atoms with Gasteiger partial charge < -0.3 is 16.4 Å². The first-order valence-corrected chi connectivity index (χ1v) is 4.60. The molecule has 1 aromatic rings. The van der Waals surface area contributed by atoms with Gasteiger partial charge in [0.05, 0.1) is 6.04 Å². The van der Waals surface area contributed by atoms with Gasteiger partial charge in [-0.1, -0.05) is 0 Å². The lowest BCUT2D eigenvalue weighted by atomic mass is 10.3. The minimum absolute atomic E-state index is 0.0673. The molecule has 0 saturated carbocycles. The maximum Gasteiger partial charge on any atom is 0.227 e. The van der Waals surface area contributed by atoms with Crippen LogP contribution in [0.25, 0.3) is 0 Å². The Labute approximate surface area is 83.4 Å². The molecular weight excluding hydrogens is 180 g/mol. The second-order valence-corrected chi connectivity index (χ2v) is 2.92. The molecule has 1 rings (SSSR count). The molecule has 0 bridgehead atoms. The Kier molecular flexibility index (Phi) is 3.58. The monoisotopic (exact) mass is 196 g/mol. The first-order valence-electron chi connectivity index (χ1n) is 4.60. The molecule has 0 amide bonds. The Hall–Kier alpha value is -1.43. The maximum absolute atomic E-state index is 5.55. The van der Waals surface area contributed by atoms with E-state index in [9.17, 15) is 0 Å².